The lowest BCUT2D eigenvalue weighted by Crippen LogP contribution is -2.26. The fourth-order valence-corrected chi connectivity index (χ4v) is 5.02. The molecule has 6 rings (SSSR count). The van der Waals surface area contributed by atoms with Crippen molar-refractivity contribution in [2.75, 3.05) is 18.0 Å². The molecule has 10 heteroatoms. The van der Waals surface area contributed by atoms with Gasteiger partial charge in [-0.05, 0) is 30.2 Å². The van der Waals surface area contributed by atoms with Crippen molar-refractivity contribution in [3.8, 4) is 17.2 Å². The van der Waals surface area contributed by atoms with Crippen LogP contribution in [0.1, 0.15) is 11.7 Å². The summed E-state index contributed by atoms with van der Waals surface area (Å²) in [6.07, 6.45) is 3.99. The molecule has 1 aromatic carbocycles. The number of amides is 1. The van der Waals surface area contributed by atoms with Gasteiger partial charge in [-0.3, -0.25) is 9.88 Å². The molecule has 33 heavy (non-hydrogen) atoms. The van der Waals surface area contributed by atoms with Crippen molar-refractivity contribution < 1.29 is 13.9 Å². The lowest BCUT2D eigenvalue weighted by Gasteiger charge is -2.16. The Labute approximate surface area is 188 Å². The van der Waals surface area contributed by atoms with Gasteiger partial charge < -0.3 is 10.1 Å². The largest absolute Gasteiger partial charge is 0.442 e. The number of nitrogens with one attached hydrogen (secondary N) is 1. The molecule has 1 N–H and O–H groups in total. The normalized spacial score (nSPS) is 27.8. The van der Waals surface area contributed by atoms with Crippen LogP contribution in [0.25, 0.3) is 11.1 Å². The number of piperidine rings is 1. The highest BCUT2D eigenvalue weighted by molar-refractivity contribution is 5.90. The first-order valence-corrected chi connectivity index (χ1v) is 10.8. The van der Waals surface area contributed by atoms with Crippen molar-refractivity contribution in [1.29, 1.82) is 5.26 Å². The maximum atomic E-state index is 15.0. The number of hydrogen-bond donors (Lipinski definition) is 1. The molecule has 166 valence electrons. The van der Waals surface area contributed by atoms with Crippen LogP contribution in [0.15, 0.2) is 48.9 Å². The van der Waals surface area contributed by atoms with E-state index < -0.39 is 18.0 Å². The Morgan fingerprint density at radius 1 is 1.30 bits per heavy atom. The zero-order chi connectivity index (χ0) is 22.5. The smallest absolute Gasteiger partial charge is 0.414 e. The molecule has 1 unspecified atom stereocenters. The van der Waals surface area contributed by atoms with E-state index >= 15 is 4.39 Å². The van der Waals surface area contributed by atoms with E-state index in [1.165, 1.54) is 11.0 Å². The molecule has 3 aliphatic rings. The summed E-state index contributed by atoms with van der Waals surface area (Å²) in [5.41, 5.74) is 2.37. The Kier molecular flexibility index (Phi) is 4.58. The van der Waals surface area contributed by atoms with Gasteiger partial charge in [0, 0.05) is 36.0 Å². The number of halogens is 1. The molecular formula is C23H20FN7O2. The maximum Gasteiger partial charge on any atom is 0.414 e. The standard InChI is InChI=1S/C23H20FN7O2/c24-19-7-14(31-12-15(33-23(31)32)11-30-6-5-28-29-30)2-3-16(19)13-1-4-20(26-9-13)22-21-17(8-25)18(21)10-27-22/h1-7,9,15,17-18,21-22,27H,10-12H2/t15-,17+,18-,21+,22?/m0/s1. The molecule has 1 amide bonds. The number of hydrogen-bond acceptors (Lipinski definition) is 7. The monoisotopic (exact) mass is 445 g/mol. The first kappa shape index (κ1) is 19.8. The van der Waals surface area contributed by atoms with Gasteiger partial charge in [0.1, 0.15) is 11.9 Å². The third-order valence-electron chi connectivity index (χ3n) is 6.75. The summed E-state index contributed by atoms with van der Waals surface area (Å²) in [5.74, 6) is 0.397. The van der Waals surface area contributed by atoms with Gasteiger partial charge in [-0.25, -0.2) is 13.9 Å². The molecule has 4 heterocycles. The molecular weight excluding hydrogens is 425 g/mol. The van der Waals surface area contributed by atoms with Gasteiger partial charge in [0.25, 0.3) is 0 Å². The Bertz CT molecular complexity index is 1240. The van der Waals surface area contributed by atoms with Crippen molar-refractivity contribution in [2.24, 2.45) is 17.8 Å². The summed E-state index contributed by atoms with van der Waals surface area (Å²) in [7, 11) is 0. The summed E-state index contributed by atoms with van der Waals surface area (Å²) in [4.78, 5) is 18.3. The Morgan fingerprint density at radius 2 is 2.21 bits per heavy atom. The Hall–Kier alpha value is -3.84. The van der Waals surface area contributed by atoms with Crippen LogP contribution in [0.5, 0.6) is 0 Å². The number of ether oxygens (including phenoxy) is 1. The van der Waals surface area contributed by atoms with Crippen LogP contribution < -0.4 is 10.2 Å². The number of nitriles is 1. The molecule has 1 saturated carbocycles. The fourth-order valence-electron chi connectivity index (χ4n) is 5.02. The number of anilines is 1. The highest BCUT2D eigenvalue weighted by Gasteiger charge is 2.59. The fraction of sp³-hybridized carbons (Fsp3) is 0.348. The minimum atomic E-state index is -0.517. The van der Waals surface area contributed by atoms with E-state index in [1.807, 2.05) is 12.1 Å². The van der Waals surface area contributed by atoms with Crippen LogP contribution in [0.2, 0.25) is 0 Å². The Morgan fingerprint density at radius 3 is 2.91 bits per heavy atom. The molecule has 2 aliphatic heterocycles. The van der Waals surface area contributed by atoms with E-state index in [0.717, 1.165) is 12.2 Å². The lowest BCUT2D eigenvalue weighted by atomic mass is 10.0. The minimum absolute atomic E-state index is 0.0765. The average molecular weight is 445 g/mol. The Balaban J connectivity index is 1.17. The summed E-state index contributed by atoms with van der Waals surface area (Å²) in [5, 5.41) is 20.3. The van der Waals surface area contributed by atoms with Crippen LogP contribution in [-0.2, 0) is 11.3 Å². The summed E-state index contributed by atoms with van der Waals surface area (Å²) >= 11 is 0. The number of pyridine rings is 1. The summed E-state index contributed by atoms with van der Waals surface area (Å²) in [6.45, 7) is 1.52. The van der Waals surface area contributed by atoms with E-state index in [1.54, 1.807) is 35.4 Å². The van der Waals surface area contributed by atoms with Crippen molar-refractivity contribution in [2.45, 2.75) is 18.7 Å². The van der Waals surface area contributed by atoms with Gasteiger partial charge in [-0.15, -0.1) is 5.10 Å². The summed E-state index contributed by atoms with van der Waals surface area (Å²) in [6, 6.07) is 10.9. The molecule has 3 fully saturated rings. The molecule has 3 aromatic rings. The molecule has 1 aliphatic carbocycles. The maximum absolute atomic E-state index is 15.0. The zero-order valence-electron chi connectivity index (χ0n) is 17.5. The predicted molar refractivity (Wildman–Crippen MR) is 114 cm³/mol. The number of cyclic esters (lactones) is 1. The number of aromatic nitrogens is 4. The molecule has 2 aromatic heterocycles. The first-order valence-electron chi connectivity index (χ1n) is 10.8. The van der Waals surface area contributed by atoms with Crippen LogP contribution in [0, 0.1) is 34.9 Å². The van der Waals surface area contributed by atoms with E-state index in [9.17, 15) is 10.1 Å². The third-order valence-corrected chi connectivity index (χ3v) is 6.75. The third kappa shape index (κ3) is 3.41. The van der Waals surface area contributed by atoms with Gasteiger partial charge in [-0.1, -0.05) is 11.3 Å². The van der Waals surface area contributed by atoms with Crippen molar-refractivity contribution >= 4 is 11.8 Å². The lowest BCUT2D eigenvalue weighted by molar-refractivity contribution is 0.129. The van der Waals surface area contributed by atoms with Gasteiger partial charge in [0.15, 0.2) is 0 Å². The number of carbonyl (C=O) groups is 1. The molecule has 9 nitrogen and oxygen atoms in total. The van der Waals surface area contributed by atoms with E-state index in [0.29, 0.717) is 41.7 Å². The summed E-state index contributed by atoms with van der Waals surface area (Å²) < 4.78 is 22.0. The van der Waals surface area contributed by atoms with Crippen LogP contribution in [0.3, 0.4) is 0 Å². The number of rotatable bonds is 5. The van der Waals surface area contributed by atoms with Crippen LogP contribution in [0.4, 0.5) is 14.9 Å². The van der Waals surface area contributed by atoms with Crippen LogP contribution in [-0.4, -0.2) is 45.3 Å². The number of nitrogens with zero attached hydrogens (tertiary/aromatic N) is 6. The molecule has 5 atom stereocenters. The minimum Gasteiger partial charge on any atom is -0.442 e. The number of benzene rings is 1. The second-order valence-electron chi connectivity index (χ2n) is 8.66. The van der Waals surface area contributed by atoms with Crippen molar-refractivity contribution in [1.82, 2.24) is 25.3 Å². The van der Waals surface area contributed by atoms with Crippen molar-refractivity contribution in [3.05, 3.63) is 60.4 Å². The van der Waals surface area contributed by atoms with E-state index in [-0.39, 0.29) is 12.0 Å². The topological polar surface area (TPSA) is 109 Å². The van der Waals surface area contributed by atoms with Crippen molar-refractivity contribution in [3.63, 3.8) is 0 Å². The SMILES string of the molecule is N#C[C@@H]1[C@@H]2CNC(c3ccc(-c4ccc(N5C[C@H](Cn6ccnn6)OC5=O)cc4F)cn3)[C@H]12. The second kappa shape index (κ2) is 7.64. The van der Waals surface area contributed by atoms with E-state index in [4.69, 9.17) is 4.74 Å². The molecule has 0 radical (unpaired) electrons. The number of carbonyl (C=O) groups excluding carboxylic acids is 1. The van der Waals surface area contributed by atoms with Crippen LogP contribution >= 0.6 is 0 Å². The average Bonchev–Trinajstić information content (AvgIpc) is 3.23. The first-order chi connectivity index (χ1) is 16.1. The molecule has 0 bridgehead atoms. The molecule has 2 saturated heterocycles. The van der Waals surface area contributed by atoms with E-state index in [2.05, 4.69) is 26.7 Å². The highest BCUT2D eigenvalue weighted by atomic mass is 19.1. The predicted octanol–water partition coefficient (Wildman–Crippen LogP) is 2.53. The number of fused-ring (bicyclic) bond motifs is 1. The van der Waals surface area contributed by atoms with Gasteiger partial charge >= 0.3 is 6.09 Å². The quantitative estimate of drug-likeness (QED) is 0.643. The second-order valence-corrected chi connectivity index (χ2v) is 8.66. The van der Waals surface area contributed by atoms with Gasteiger partial charge in [0.2, 0.25) is 0 Å². The molecule has 0 spiro atoms. The zero-order valence-corrected chi connectivity index (χ0v) is 17.5. The van der Waals surface area contributed by atoms with Gasteiger partial charge in [0.05, 0.1) is 48.7 Å². The van der Waals surface area contributed by atoms with Gasteiger partial charge in [-0.2, -0.15) is 5.26 Å². The highest BCUT2D eigenvalue weighted by Crippen LogP contribution is 2.56.